The largest absolute Gasteiger partial charge is 0.354 e. The molecule has 1 heterocycles. The molecular formula is C19H27F2N3O2. The highest BCUT2D eigenvalue weighted by Crippen LogP contribution is 2.19. The van der Waals surface area contributed by atoms with Crippen LogP contribution in [0.15, 0.2) is 18.2 Å². The second-order valence-corrected chi connectivity index (χ2v) is 6.68. The number of rotatable bonds is 8. The fourth-order valence-electron chi connectivity index (χ4n) is 3.27. The van der Waals surface area contributed by atoms with Crippen molar-refractivity contribution in [2.75, 3.05) is 19.6 Å². The lowest BCUT2D eigenvalue weighted by Gasteiger charge is -2.36. The first kappa shape index (κ1) is 20.3. The second kappa shape index (κ2) is 10.2. The normalized spacial score (nSPS) is 17.2. The van der Waals surface area contributed by atoms with E-state index in [0.717, 1.165) is 25.3 Å². The molecule has 5 nitrogen and oxygen atoms in total. The van der Waals surface area contributed by atoms with Crippen molar-refractivity contribution < 1.29 is 18.4 Å². The summed E-state index contributed by atoms with van der Waals surface area (Å²) in [5.74, 6) is -1.77. The highest BCUT2D eigenvalue weighted by Gasteiger charge is 2.26. The molecule has 0 saturated carbocycles. The molecule has 1 aliphatic heterocycles. The summed E-state index contributed by atoms with van der Waals surface area (Å²) in [6.45, 7) is 1.46. The van der Waals surface area contributed by atoms with Crippen LogP contribution in [-0.2, 0) is 16.0 Å². The Morgan fingerprint density at radius 1 is 1.19 bits per heavy atom. The lowest BCUT2D eigenvalue weighted by atomic mass is 10.0. The van der Waals surface area contributed by atoms with Crippen molar-refractivity contribution in [3.63, 3.8) is 0 Å². The highest BCUT2D eigenvalue weighted by molar-refractivity contribution is 5.77. The number of nitrogens with one attached hydrogen (secondary N) is 1. The van der Waals surface area contributed by atoms with Gasteiger partial charge in [0.05, 0.1) is 0 Å². The van der Waals surface area contributed by atoms with Crippen molar-refractivity contribution in [2.24, 2.45) is 5.73 Å². The number of carbonyl (C=O) groups excluding carboxylic acids is 2. The van der Waals surface area contributed by atoms with E-state index >= 15 is 0 Å². The van der Waals surface area contributed by atoms with E-state index < -0.39 is 11.6 Å². The van der Waals surface area contributed by atoms with Crippen LogP contribution in [0.3, 0.4) is 0 Å². The van der Waals surface area contributed by atoms with Crippen LogP contribution in [0.1, 0.15) is 44.1 Å². The van der Waals surface area contributed by atoms with E-state index in [0.29, 0.717) is 44.5 Å². The van der Waals surface area contributed by atoms with E-state index in [-0.39, 0.29) is 24.3 Å². The van der Waals surface area contributed by atoms with Crippen molar-refractivity contribution in [3.05, 3.63) is 35.4 Å². The number of carbonyl (C=O) groups is 2. The van der Waals surface area contributed by atoms with Crippen LogP contribution in [0, 0.1) is 11.6 Å². The minimum atomic E-state index is -0.863. The molecule has 2 rings (SSSR count). The molecule has 1 aromatic carbocycles. The maximum atomic E-state index is 13.2. The molecule has 1 atom stereocenters. The molecule has 3 N–H and O–H groups in total. The summed E-state index contributed by atoms with van der Waals surface area (Å²) in [6, 6.07) is 3.84. The first-order valence-electron chi connectivity index (χ1n) is 9.21. The summed E-state index contributed by atoms with van der Waals surface area (Å²) in [7, 11) is 0. The zero-order valence-corrected chi connectivity index (χ0v) is 15.0. The number of benzene rings is 1. The van der Waals surface area contributed by atoms with Gasteiger partial charge in [-0.2, -0.15) is 0 Å². The second-order valence-electron chi connectivity index (χ2n) is 6.68. The Balaban J connectivity index is 1.81. The van der Waals surface area contributed by atoms with Gasteiger partial charge in [0.2, 0.25) is 11.8 Å². The van der Waals surface area contributed by atoms with Crippen molar-refractivity contribution in [1.29, 1.82) is 0 Å². The highest BCUT2D eigenvalue weighted by atomic mass is 19.2. The molecule has 1 fully saturated rings. The lowest BCUT2D eigenvalue weighted by Crippen LogP contribution is -2.49. The Kier molecular flexibility index (Phi) is 7.97. The summed E-state index contributed by atoms with van der Waals surface area (Å²) in [6.07, 6.45) is 4.61. The lowest BCUT2D eigenvalue weighted by molar-refractivity contribution is -0.135. The number of hydrogen-bond acceptors (Lipinski definition) is 3. The molecule has 0 radical (unpaired) electrons. The van der Waals surface area contributed by atoms with Crippen molar-refractivity contribution >= 4 is 11.8 Å². The van der Waals surface area contributed by atoms with Crippen LogP contribution < -0.4 is 11.1 Å². The van der Waals surface area contributed by atoms with Gasteiger partial charge in [-0.15, -0.1) is 0 Å². The molecule has 7 heteroatoms. The first-order valence-corrected chi connectivity index (χ1v) is 9.21. The van der Waals surface area contributed by atoms with Crippen molar-refractivity contribution in [3.8, 4) is 0 Å². The van der Waals surface area contributed by atoms with Gasteiger partial charge < -0.3 is 16.0 Å². The Hall–Kier alpha value is -2.02. The zero-order chi connectivity index (χ0) is 18.9. The van der Waals surface area contributed by atoms with E-state index in [1.54, 1.807) is 6.07 Å². The van der Waals surface area contributed by atoms with E-state index in [9.17, 15) is 18.4 Å². The minimum absolute atomic E-state index is 0.0150. The number of hydrogen-bond donors (Lipinski definition) is 2. The predicted molar refractivity (Wildman–Crippen MR) is 95.3 cm³/mol. The number of amides is 2. The van der Waals surface area contributed by atoms with Gasteiger partial charge in [-0.1, -0.05) is 6.07 Å². The van der Waals surface area contributed by atoms with Crippen LogP contribution >= 0.6 is 0 Å². The molecule has 1 saturated heterocycles. The molecule has 1 aromatic rings. The monoisotopic (exact) mass is 367 g/mol. The third-order valence-electron chi connectivity index (χ3n) is 4.69. The number of aryl methyl sites for hydroxylation is 1. The van der Waals surface area contributed by atoms with Crippen LogP contribution in [0.4, 0.5) is 8.78 Å². The molecule has 26 heavy (non-hydrogen) atoms. The summed E-state index contributed by atoms with van der Waals surface area (Å²) in [4.78, 5) is 26.0. The average molecular weight is 367 g/mol. The fraction of sp³-hybridized carbons (Fsp3) is 0.579. The van der Waals surface area contributed by atoms with E-state index in [1.807, 2.05) is 4.90 Å². The first-order chi connectivity index (χ1) is 12.5. The number of likely N-dealkylation sites (tertiary alicyclic amines) is 1. The van der Waals surface area contributed by atoms with Gasteiger partial charge in [-0.25, -0.2) is 8.78 Å². The quantitative estimate of drug-likeness (QED) is 0.739. The van der Waals surface area contributed by atoms with E-state index in [4.69, 9.17) is 5.73 Å². The smallest absolute Gasteiger partial charge is 0.222 e. The molecule has 0 bridgehead atoms. The summed E-state index contributed by atoms with van der Waals surface area (Å²) < 4.78 is 26.2. The molecule has 0 aliphatic carbocycles. The Labute approximate surface area is 152 Å². The van der Waals surface area contributed by atoms with Gasteiger partial charge >= 0.3 is 0 Å². The SMILES string of the molecule is NCCC(=O)NCC1CCCCN1C(=O)CCCc1ccc(F)c(F)c1. The maximum absolute atomic E-state index is 13.2. The number of nitrogens with zero attached hydrogens (tertiary/aromatic N) is 1. The standard InChI is InChI=1S/C19H27F2N3O2/c20-16-8-7-14(12-17(16)21)4-3-6-19(26)24-11-2-1-5-15(24)13-23-18(25)9-10-22/h7-8,12,15H,1-6,9-11,13,22H2,(H,23,25). The van der Waals surface area contributed by atoms with Gasteiger partial charge in [0.1, 0.15) is 0 Å². The van der Waals surface area contributed by atoms with Gasteiger partial charge in [-0.3, -0.25) is 9.59 Å². The summed E-state index contributed by atoms with van der Waals surface area (Å²) in [5, 5.41) is 2.84. The zero-order valence-electron chi connectivity index (χ0n) is 15.0. The van der Waals surface area contributed by atoms with Crippen LogP contribution in [-0.4, -0.2) is 42.4 Å². The fourth-order valence-corrected chi connectivity index (χ4v) is 3.27. The van der Waals surface area contributed by atoms with Crippen LogP contribution in [0.25, 0.3) is 0 Å². The molecule has 1 aliphatic rings. The number of piperidine rings is 1. The predicted octanol–water partition coefficient (Wildman–Crippen LogP) is 2.13. The molecular weight excluding hydrogens is 340 g/mol. The Morgan fingerprint density at radius 3 is 2.73 bits per heavy atom. The topological polar surface area (TPSA) is 75.4 Å². The van der Waals surface area contributed by atoms with Crippen LogP contribution in [0.2, 0.25) is 0 Å². The average Bonchev–Trinajstić information content (AvgIpc) is 2.63. The van der Waals surface area contributed by atoms with Gasteiger partial charge in [0.25, 0.3) is 0 Å². The summed E-state index contributed by atoms with van der Waals surface area (Å²) >= 11 is 0. The van der Waals surface area contributed by atoms with Gasteiger partial charge in [0, 0.05) is 38.5 Å². The molecule has 2 amide bonds. The van der Waals surface area contributed by atoms with Gasteiger partial charge in [-0.05, 0) is 49.8 Å². The van der Waals surface area contributed by atoms with E-state index in [2.05, 4.69) is 5.32 Å². The molecule has 0 spiro atoms. The third-order valence-corrected chi connectivity index (χ3v) is 4.69. The summed E-state index contributed by atoms with van der Waals surface area (Å²) in [5.41, 5.74) is 6.05. The van der Waals surface area contributed by atoms with Crippen LogP contribution in [0.5, 0.6) is 0 Å². The minimum Gasteiger partial charge on any atom is -0.354 e. The number of nitrogens with two attached hydrogens (primary N) is 1. The van der Waals surface area contributed by atoms with E-state index in [1.165, 1.54) is 6.07 Å². The van der Waals surface area contributed by atoms with Crippen molar-refractivity contribution in [2.45, 2.75) is 51.0 Å². The maximum Gasteiger partial charge on any atom is 0.222 e. The number of halogens is 2. The molecule has 1 unspecified atom stereocenters. The molecule has 0 aromatic heterocycles. The Morgan fingerprint density at radius 2 is 2.00 bits per heavy atom. The third kappa shape index (κ3) is 6.05. The molecule has 144 valence electrons. The Bertz CT molecular complexity index is 625. The van der Waals surface area contributed by atoms with Crippen molar-refractivity contribution in [1.82, 2.24) is 10.2 Å². The van der Waals surface area contributed by atoms with Gasteiger partial charge in [0.15, 0.2) is 11.6 Å².